The molecule has 0 aromatic heterocycles. The Balaban J connectivity index is 2.01. The van der Waals surface area contributed by atoms with Crippen LogP contribution in [0.15, 0.2) is 6.07 Å². The lowest BCUT2D eigenvalue weighted by atomic mass is 9.94. The molecule has 1 aliphatic heterocycles. The predicted octanol–water partition coefficient (Wildman–Crippen LogP) is 2.29. The van der Waals surface area contributed by atoms with Crippen LogP contribution in [0.25, 0.3) is 0 Å². The van der Waals surface area contributed by atoms with Gasteiger partial charge in [0.1, 0.15) is 5.60 Å². The molecule has 9 nitrogen and oxygen atoms in total. The highest BCUT2D eigenvalue weighted by Crippen LogP contribution is 2.41. The minimum absolute atomic E-state index is 0.139. The minimum Gasteiger partial charge on any atom is -0.492 e. The molecule has 2 atom stereocenters. The van der Waals surface area contributed by atoms with E-state index in [1.165, 1.54) is 25.2 Å². The van der Waals surface area contributed by atoms with E-state index < -0.39 is 23.7 Å². The average molecular weight is 444 g/mol. The van der Waals surface area contributed by atoms with Crippen LogP contribution in [0.5, 0.6) is 11.5 Å². The number of amides is 2. The number of piperidine rings is 1. The summed E-state index contributed by atoms with van der Waals surface area (Å²) in [5.74, 6) is -0.295. The van der Waals surface area contributed by atoms with Crippen molar-refractivity contribution in [2.45, 2.75) is 38.9 Å². The van der Waals surface area contributed by atoms with Gasteiger partial charge in [0, 0.05) is 19.0 Å². The number of aliphatic hydroxyl groups excluding tert-OH is 1. The van der Waals surface area contributed by atoms with Gasteiger partial charge in [-0.2, -0.15) is 0 Å². The van der Waals surface area contributed by atoms with Crippen molar-refractivity contribution in [2.24, 2.45) is 5.92 Å². The summed E-state index contributed by atoms with van der Waals surface area (Å²) < 4.78 is 15.8. The molecule has 10 heteroatoms. The van der Waals surface area contributed by atoms with Crippen LogP contribution in [-0.4, -0.2) is 67.6 Å². The van der Waals surface area contributed by atoms with Gasteiger partial charge in [0.05, 0.1) is 43.1 Å². The second kappa shape index (κ2) is 9.61. The molecule has 1 aromatic rings. The molecule has 2 rings (SSSR count). The number of nitrogens with one attached hydrogen (secondary N) is 1. The lowest BCUT2D eigenvalue weighted by molar-refractivity contribution is -0.0122. The van der Waals surface area contributed by atoms with Gasteiger partial charge >= 0.3 is 6.09 Å². The van der Waals surface area contributed by atoms with Gasteiger partial charge in [-0.3, -0.25) is 4.79 Å². The first-order valence-electron chi connectivity index (χ1n) is 9.62. The third-order valence-electron chi connectivity index (χ3n) is 4.77. The molecule has 1 aromatic carbocycles. The maximum Gasteiger partial charge on any atom is 0.410 e. The fourth-order valence-corrected chi connectivity index (χ4v) is 3.42. The number of carbonyl (C=O) groups is 2. The van der Waals surface area contributed by atoms with E-state index >= 15 is 0 Å². The summed E-state index contributed by atoms with van der Waals surface area (Å²) in [7, 11) is 2.80. The van der Waals surface area contributed by atoms with Gasteiger partial charge in [-0.1, -0.05) is 11.6 Å². The second-order valence-electron chi connectivity index (χ2n) is 8.14. The van der Waals surface area contributed by atoms with E-state index in [4.69, 9.17) is 31.5 Å². The van der Waals surface area contributed by atoms with Gasteiger partial charge in [-0.15, -0.1) is 0 Å². The van der Waals surface area contributed by atoms with Crippen molar-refractivity contribution in [1.29, 1.82) is 0 Å². The lowest BCUT2D eigenvalue weighted by Gasteiger charge is -2.36. The molecule has 1 aliphatic rings. The molecular formula is C20H30ClN3O6. The number of ether oxygens (including phenoxy) is 3. The molecule has 30 heavy (non-hydrogen) atoms. The summed E-state index contributed by atoms with van der Waals surface area (Å²) in [6.07, 6.45) is -0.737. The average Bonchev–Trinajstić information content (AvgIpc) is 2.66. The zero-order valence-corrected chi connectivity index (χ0v) is 18.7. The molecule has 0 bridgehead atoms. The number of anilines is 1. The van der Waals surface area contributed by atoms with Crippen LogP contribution in [0.2, 0.25) is 5.02 Å². The molecule has 0 unspecified atom stereocenters. The number of rotatable bonds is 5. The largest absolute Gasteiger partial charge is 0.492 e. The van der Waals surface area contributed by atoms with E-state index in [0.29, 0.717) is 13.0 Å². The number of hydrogen-bond donors (Lipinski definition) is 3. The summed E-state index contributed by atoms with van der Waals surface area (Å²) >= 11 is 6.10. The van der Waals surface area contributed by atoms with Crippen LogP contribution in [0.4, 0.5) is 10.5 Å². The van der Waals surface area contributed by atoms with Gasteiger partial charge in [-0.05, 0) is 33.3 Å². The molecule has 168 valence electrons. The smallest absolute Gasteiger partial charge is 0.410 e. The lowest BCUT2D eigenvalue weighted by Crippen LogP contribution is -2.50. The molecule has 0 saturated carbocycles. The van der Waals surface area contributed by atoms with Crippen LogP contribution >= 0.6 is 11.6 Å². The highest BCUT2D eigenvalue weighted by molar-refractivity contribution is 6.34. The van der Waals surface area contributed by atoms with Gasteiger partial charge in [0.15, 0.2) is 11.5 Å². The fourth-order valence-electron chi connectivity index (χ4n) is 3.23. The number of halogens is 1. The van der Waals surface area contributed by atoms with Crippen molar-refractivity contribution >= 4 is 29.3 Å². The minimum atomic E-state index is -0.794. The summed E-state index contributed by atoms with van der Waals surface area (Å²) in [6, 6.07) is 1.41. The van der Waals surface area contributed by atoms with E-state index in [9.17, 15) is 14.7 Å². The number of benzene rings is 1. The van der Waals surface area contributed by atoms with Crippen LogP contribution in [0.3, 0.4) is 0 Å². The standard InChI is InChI=1S/C20H30ClN3O6/c1-20(2,3)30-19(27)24-7-6-11(14(25)10-24)9-23-18(26)12-8-13(21)15(22)17(29-5)16(12)28-4/h8,11,14,25H,6-7,9-10,22H2,1-5H3,(H,23,26)/t11-,14+/m0/s1. The number of methoxy groups -OCH3 is 2. The van der Waals surface area contributed by atoms with Gasteiger partial charge in [0.25, 0.3) is 5.91 Å². The van der Waals surface area contributed by atoms with E-state index in [1.807, 2.05) is 0 Å². The van der Waals surface area contributed by atoms with Crippen LogP contribution in [0, 0.1) is 5.92 Å². The maximum atomic E-state index is 12.7. The van der Waals surface area contributed by atoms with Gasteiger partial charge in [0.2, 0.25) is 0 Å². The summed E-state index contributed by atoms with van der Waals surface area (Å²) in [5, 5.41) is 13.4. The summed E-state index contributed by atoms with van der Waals surface area (Å²) in [6.45, 7) is 6.15. The molecule has 1 fully saturated rings. The van der Waals surface area contributed by atoms with Gasteiger partial charge < -0.3 is 35.3 Å². The van der Waals surface area contributed by atoms with Crippen molar-refractivity contribution < 1.29 is 28.9 Å². The molecule has 1 saturated heterocycles. The monoisotopic (exact) mass is 443 g/mol. The maximum absolute atomic E-state index is 12.7. The van der Waals surface area contributed by atoms with Crippen LogP contribution in [-0.2, 0) is 4.74 Å². The quantitative estimate of drug-likeness (QED) is 0.596. The number of aliphatic hydroxyl groups is 1. The SMILES string of the molecule is COc1c(C(=O)NC[C@@H]2CCN(C(=O)OC(C)(C)C)C[C@H]2O)cc(Cl)c(N)c1OC. The Bertz CT molecular complexity index is 796. The zero-order valence-electron chi connectivity index (χ0n) is 18.0. The predicted molar refractivity (Wildman–Crippen MR) is 113 cm³/mol. The molecule has 4 N–H and O–H groups in total. The molecule has 0 aliphatic carbocycles. The Morgan fingerprint density at radius 2 is 1.93 bits per heavy atom. The topological polar surface area (TPSA) is 123 Å². The molecule has 2 amide bonds. The fraction of sp³-hybridized carbons (Fsp3) is 0.600. The number of β-amino-alcohol motifs (C(OH)–C–C–N with tert-alkyl or cyclic N) is 1. The van der Waals surface area contributed by atoms with Crippen molar-refractivity contribution in [3.8, 4) is 11.5 Å². The Kier molecular flexibility index (Phi) is 7.65. The van der Waals surface area contributed by atoms with E-state index in [2.05, 4.69) is 5.32 Å². The van der Waals surface area contributed by atoms with Crippen LogP contribution < -0.4 is 20.5 Å². The number of nitrogens with two attached hydrogens (primary N) is 1. The Morgan fingerprint density at radius 1 is 1.30 bits per heavy atom. The third kappa shape index (κ3) is 5.60. The van der Waals surface area contributed by atoms with E-state index in [0.717, 1.165) is 0 Å². The molecule has 0 radical (unpaired) electrons. The van der Waals surface area contributed by atoms with Crippen molar-refractivity contribution in [1.82, 2.24) is 10.2 Å². The van der Waals surface area contributed by atoms with E-state index in [-0.39, 0.29) is 46.8 Å². The summed E-state index contributed by atoms with van der Waals surface area (Å²) in [5.41, 5.74) is 5.63. The Labute approximate surface area is 181 Å². The highest BCUT2D eigenvalue weighted by Gasteiger charge is 2.33. The zero-order chi connectivity index (χ0) is 22.6. The highest BCUT2D eigenvalue weighted by atomic mass is 35.5. The number of carbonyl (C=O) groups excluding carboxylic acids is 2. The third-order valence-corrected chi connectivity index (χ3v) is 5.09. The normalized spacial score (nSPS) is 19.2. The first-order chi connectivity index (χ1) is 14.0. The number of likely N-dealkylation sites (tertiary alicyclic amines) is 1. The first kappa shape index (κ1) is 23.9. The Hall–Kier alpha value is -2.39. The molecular weight excluding hydrogens is 414 g/mol. The van der Waals surface area contributed by atoms with Crippen molar-refractivity contribution in [3.05, 3.63) is 16.7 Å². The first-order valence-corrected chi connectivity index (χ1v) is 10.0. The van der Waals surface area contributed by atoms with Crippen molar-refractivity contribution in [3.63, 3.8) is 0 Å². The number of hydrogen-bond acceptors (Lipinski definition) is 7. The summed E-state index contributed by atoms with van der Waals surface area (Å²) in [4.78, 5) is 26.4. The van der Waals surface area contributed by atoms with Crippen LogP contribution in [0.1, 0.15) is 37.6 Å². The van der Waals surface area contributed by atoms with Gasteiger partial charge in [-0.25, -0.2) is 4.79 Å². The number of nitrogen functional groups attached to an aromatic ring is 1. The van der Waals surface area contributed by atoms with E-state index in [1.54, 1.807) is 20.8 Å². The molecule has 0 spiro atoms. The van der Waals surface area contributed by atoms with Crippen molar-refractivity contribution in [2.75, 3.05) is 39.6 Å². The second-order valence-corrected chi connectivity index (χ2v) is 8.55. The number of nitrogens with zero attached hydrogens (tertiary/aromatic N) is 1. The Morgan fingerprint density at radius 3 is 2.47 bits per heavy atom. The molecule has 1 heterocycles.